The third kappa shape index (κ3) is 4.63. The van der Waals surface area contributed by atoms with E-state index in [1.807, 2.05) is 0 Å². The van der Waals surface area contributed by atoms with E-state index >= 15 is 0 Å². The van der Waals surface area contributed by atoms with Crippen LogP contribution in [0.15, 0.2) is 199 Å². The molecular weight excluding hydrogens is 663 g/mol. The molecule has 256 valence electrons. The van der Waals surface area contributed by atoms with Crippen LogP contribution in [0, 0.1) is 5.92 Å². The van der Waals surface area contributed by atoms with E-state index < -0.39 is 0 Å². The molecule has 0 saturated heterocycles. The molecule has 0 N–H and O–H groups in total. The first-order valence-electron chi connectivity index (χ1n) is 19.4. The van der Waals surface area contributed by atoms with Gasteiger partial charge in [0.1, 0.15) is 0 Å². The highest BCUT2D eigenvalue weighted by Crippen LogP contribution is 2.51. The third-order valence-electron chi connectivity index (χ3n) is 12.5. The summed E-state index contributed by atoms with van der Waals surface area (Å²) in [6.07, 6.45) is 5.75. The van der Waals surface area contributed by atoms with Crippen LogP contribution in [0.1, 0.15) is 45.7 Å². The van der Waals surface area contributed by atoms with Gasteiger partial charge in [-0.2, -0.15) is 0 Å². The molecule has 0 spiro atoms. The van der Waals surface area contributed by atoms with E-state index in [4.69, 9.17) is 4.99 Å². The van der Waals surface area contributed by atoms with Crippen molar-refractivity contribution in [3.63, 3.8) is 0 Å². The van der Waals surface area contributed by atoms with Crippen molar-refractivity contribution in [2.75, 3.05) is 0 Å². The maximum absolute atomic E-state index is 5.24. The Kier molecular flexibility index (Phi) is 6.59. The molecule has 0 bridgehead atoms. The van der Waals surface area contributed by atoms with Crippen LogP contribution in [0.4, 0.5) is 5.69 Å². The second-order valence-electron chi connectivity index (χ2n) is 15.4. The van der Waals surface area contributed by atoms with Gasteiger partial charge in [0.2, 0.25) is 0 Å². The van der Waals surface area contributed by atoms with Gasteiger partial charge in [-0.25, -0.2) is 0 Å². The van der Waals surface area contributed by atoms with Crippen molar-refractivity contribution in [1.82, 2.24) is 0 Å². The zero-order valence-corrected chi connectivity index (χ0v) is 30.2. The van der Waals surface area contributed by atoms with E-state index in [1.54, 1.807) is 0 Å². The van der Waals surface area contributed by atoms with Crippen LogP contribution >= 0.6 is 0 Å². The summed E-state index contributed by atoms with van der Waals surface area (Å²) in [4.78, 5) is 5.24. The van der Waals surface area contributed by atoms with Gasteiger partial charge < -0.3 is 0 Å². The molecule has 0 aromatic heterocycles. The first-order valence-corrected chi connectivity index (χ1v) is 19.4. The number of nitrogens with zero attached hydrogens (tertiary/aromatic N) is 1. The van der Waals surface area contributed by atoms with Crippen molar-refractivity contribution in [3.05, 3.63) is 237 Å². The van der Waals surface area contributed by atoms with Gasteiger partial charge in [0.15, 0.2) is 0 Å². The summed E-state index contributed by atoms with van der Waals surface area (Å²) in [5, 5.41) is 7.71. The molecule has 0 radical (unpaired) electrons. The lowest BCUT2D eigenvalue weighted by Crippen LogP contribution is -2.38. The topological polar surface area (TPSA) is 12.4 Å². The van der Waals surface area contributed by atoms with Gasteiger partial charge in [-0.05, 0) is 124 Å². The predicted molar refractivity (Wildman–Crippen MR) is 229 cm³/mol. The first kappa shape index (κ1) is 30.6. The summed E-state index contributed by atoms with van der Waals surface area (Å²) in [5.74, 6) is 0.356. The van der Waals surface area contributed by atoms with E-state index in [-0.39, 0.29) is 11.8 Å². The lowest BCUT2D eigenvalue weighted by Gasteiger charge is -2.34. The number of para-hydroxylation sites is 1. The summed E-state index contributed by atoms with van der Waals surface area (Å²) in [7, 11) is 0. The molecule has 55 heavy (non-hydrogen) atoms. The van der Waals surface area contributed by atoms with Crippen LogP contribution in [0.2, 0.25) is 0 Å². The van der Waals surface area contributed by atoms with Crippen molar-refractivity contribution < 1.29 is 0 Å². The fourth-order valence-corrected chi connectivity index (χ4v) is 9.98. The molecule has 8 aromatic carbocycles. The van der Waals surface area contributed by atoms with Gasteiger partial charge in [0.05, 0.1) is 17.3 Å². The maximum atomic E-state index is 5.24. The first-order chi connectivity index (χ1) is 27.3. The standard InChI is InChI=1S/C54H35N/c1-3-13-35-29-39(23-21-33(35)11-1)51-43-17-7-8-18-44(43)52(40-24-22-34-12-2-4-14-36(34)30-40)49-32-38(25-27-45(49)51)37-26-28-46-48(31-37)41-15-5-6-16-42(41)53-47-19-9-10-20-50(47)55-54(46)53/h1-31,49,53H,32H2/t49?,53-/m0/s1. The minimum Gasteiger partial charge on any atom is -0.251 e. The summed E-state index contributed by atoms with van der Waals surface area (Å²) in [5.41, 5.74) is 18.1. The Bertz CT molecular complexity index is 3190. The van der Waals surface area contributed by atoms with Crippen molar-refractivity contribution in [2.24, 2.45) is 10.9 Å². The zero-order valence-electron chi connectivity index (χ0n) is 30.2. The van der Waals surface area contributed by atoms with Gasteiger partial charge in [0.25, 0.3) is 0 Å². The Morgan fingerprint density at radius 2 is 1.07 bits per heavy atom. The fourth-order valence-electron chi connectivity index (χ4n) is 9.98. The van der Waals surface area contributed by atoms with Gasteiger partial charge in [0, 0.05) is 11.5 Å². The summed E-state index contributed by atoms with van der Waals surface area (Å²) in [6, 6.07) is 65.3. The molecule has 8 aromatic rings. The minimum atomic E-state index is 0.177. The number of rotatable bonds is 3. The maximum Gasteiger partial charge on any atom is 0.0675 e. The van der Waals surface area contributed by atoms with Gasteiger partial charge in [-0.15, -0.1) is 0 Å². The summed E-state index contributed by atoms with van der Waals surface area (Å²) < 4.78 is 0. The summed E-state index contributed by atoms with van der Waals surface area (Å²) >= 11 is 0. The van der Waals surface area contributed by atoms with Gasteiger partial charge in [-0.3, -0.25) is 4.99 Å². The Morgan fingerprint density at radius 1 is 0.436 bits per heavy atom. The average molecular weight is 698 g/mol. The molecule has 1 heterocycles. The van der Waals surface area contributed by atoms with E-state index in [1.165, 1.54) is 104 Å². The lowest BCUT2D eigenvalue weighted by molar-refractivity contribution is 0.811. The molecule has 1 heteroatoms. The fraction of sp³-hybridized carbons (Fsp3) is 0.0556. The largest absolute Gasteiger partial charge is 0.251 e. The molecule has 0 fully saturated rings. The number of aliphatic imine (C=N–C) groups is 1. The van der Waals surface area contributed by atoms with Crippen molar-refractivity contribution in [1.29, 1.82) is 0 Å². The average Bonchev–Trinajstić information content (AvgIpc) is 3.65. The second kappa shape index (κ2) is 11.8. The molecule has 1 aliphatic heterocycles. The van der Waals surface area contributed by atoms with Crippen LogP contribution < -0.4 is 10.4 Å². The number of allylic oxidation sites excluding steroid dienone is 4. The Balaban J connectivity index is 1.06. The van der Waals surface area contributed by atoms with E-state index in [0.717, 1.165) is 12.1 Å². The van der Waals surface area contributed by atoms with Gasteiger partial charge in [-0.1, -0.05) is 164 Å². The molecule has 1 nitrogen and oxygen atoms in total. The van der Waals surface area contributed by atoms with Crippen molar-refractivity contribution in [2.45, 2.75) is 12.3 Å². The van der Waals surface area contributed by atoms with Crippen molar-refractivity contribution >= 4 is 49.7 Å². The van der Waals surface area contributed by atoms with Crippen LogP contribution in [-0.2, 0) is 0 Å². The van der Waals surface area contributed by atoms with Crippen LogP contribution in [0.25, 0.3) is 49.4 Å². The Morgan fingerprint density at radius 3 is 1.89 bits per heavy atom. The number of hydrogen-bond acceptors (Lipinski definition) is 1. The second-order valence-corrected chi connectivity index (χ2v) is 15.4. The molecule has 4 aliphatic rings. The molecule has 3 aliphatic carbocycles. The van der Waals surface area contributed by atoms with Gasteiger partial charge >= 0.3 is 0 Å². The van der Waals surface area contributed by atoms with Crippen molar-refractivity contribution in [3.8, 4) is 11.1 Å². The number of hydrogen-bond donors (Lipinski definition) is 0. The normalized spacial score (nSPS) is 17.6. The third-order valence-corrected chi connectivity index (χ3v) is 12.5. The molecular formula is C54H35N. The summed E-state index contributed by atoms with van der Waals surface area (Å²) in [6.45, 7) is 0. The molecule has 1 unspecified atom stereocenters. The number of fused-ring (bicyclic) bond motifs is 12. The monoisotopic (exact) mass is 697 g/mol. The molecule has 2 atom stereocenters. The highest BCUT2D eigenvalue weighted by atomic mass is 14.8. The van der Waals surface area contributed by atoms with Crippen LogP contribution in [0.3, 0.4) is 0 Å². The quantitative estimate of drug-likeness (QED) is 0.174. The molecule has 0 saturated carbocycles. The minimum absolute atomic E-state index is 0.177. The highest BCUT2D eigenvalue weighted by molar-refractivity contribution is 6.18. The molecule has 12 rings (SSSR count). The smallest absolute Gasteiger partial charge is 0.0675 e. The lowest BCUT2D eigenvalue weighted by atomic mass is 9.69. The highest BCUT2D eigenvalue weighted by Gasteiger charge is 2.37. The van der Waals surface area contributed by atoms with Crippen LogP contribution in [-0.4, -0.2) is 5.71 Å². The van der Waals surface area contributed by atoms with E-state index in [9.17, 15) is 0 Å². The van der Waals surface area contributed by atoms with E-state index in [2.05, 4.69) is 188 Å². The van der Waals surface area contributed by atoms with E-state index in [0.29, 0.717) is 0 Å². The predicted octanol–water partition coefficient (Wildman–Crippen LogP) is 11.7. The van der Waals surface area contributed by atoms with Crippen LogP contribution in [0.5, 0.6) is 0 Å². The molecule has 0 amide bonds. The number of benzene rings is 8. The SMILES string of the molecule is C1=C(c2ccc3c(c2)-c2ccccc2[C@@H]2C3=Nc3ccccc32)CC2C(=C1)C(c1ccc3ccccc3c1)=c1ccccc1=C2c1ccc2ccccc2c1. The Labute approximate surface area is 320 Å². The zero-order chi connectivity index (χ0) is 36.0. The Hall–Kier alpha value is -6.83.